The van der Waals surface area contributed by atoms with Crippen LogP contribution in [0.25, 0.3) is 0 Å². The highest BCUT2D eigenvalue weighted by Gasteiger charge is 2.27. The molecule has 1 atom stereocenters. The van der Waals surface area contributed by atoms with Crippen LogP contribution in [0.4, 0.5) is 0 Å². The van der Waals surface area contributed by atoms with Crippen molar-refractivity contribution in [3.8, 4) is 0 Å². The SMILES string of the molecule is CC(=O)OC(C(=O)NC(C)(C)C)c1cc(Cl)nc(Cl)c1. The zero-order valence-corrected chi connectivity index (χ0v) is 13.2. The molecule has 0 radical (unpaired) electrons. The van der Waals surface area contributed by atoms with E-state index in [0.29, 0.717) is 5.56 Å². The molecule has 1 aromatic rings. The highest BCUT2D eigenvalue weighted by molar-refractivity contribution is 6.32. The Balaban J connectivity index is 3.11. The summed E-state index contributed by atoms with van der Waals surface area (Å²) in [5.74, 6) is -1.03. The van der Waals surface area contributed by atoms with Crippen LogP contribution in [0, 0.1) is 0 Å². The van der Waals surface area contributed by atoms with Gasteiger partial charge in [0.25, 0.3) is 5.91 Å². The summed E-state index contributed by atoms with van der Waals surface area (Å²) in [5.41, 5.74) is -0.0947. The number of hydrogen-bond donors (Lipinski definition) is 1. The van der Waals surface area contributed by atoms with E-state index in [1.165, 1.54) is 19.1 Å². The molecule has 20 heavy (non-hydrogen) atoms. The van der Waals surface area contributed by atoms with Crippen molar-refractivity contribution in [3.63, 3.8) is 0 Å². The summed E-state index contributed by atoms with van der Waals surface area (Å²) >= 11 is 11.6. The molecule has 5 nitrogen and oxygen atoms in total. The highest BCUT2D eigenvalue weighted by atomic mass is 35.5. The average molecular weight is 319 g/mol. The fourth-order valence-corrected chi connectivity index (χ4v) is 1.99. The van der Waals surface area contributed by atoms with Crippen LogP contribution in [0.5, 0.6) is 0 Å². The molecule has 1 unspecified atom stereocenters. The van der Waals surface area contributed by atoms with E-state index in [4.69, 9.17) is 27.9 Å². The summed E-state index contributed by atoms with van der Waals surface area (Å²) < 4.78 is 5.06. The molecule has 1 N–H and O–H groups in total. The van der Waals surface area contributed by atoms with Gasteiger partial charge in [-0.3, -0.25) is 9.59 Å². The Labute approximate surface area is 127 Å². The molecule has 1 amide bonds. The van der Waals surface area contributed by atoms with E-state index in [-0.39, 0.29) is 10.3 Å². The molecule has 0 aliphatic heterocycles. The largest absolute Gasteiger partial charge is 0.447 e. The molecule has 0 aliphatic carbocycles. The van der Waals surface area contributed by atoms with Gasteiger partial charge in [0.15, 0.2) is 0 Å². The van der Waals surface area contributed by atoms with Crippen LogP contribution in [-0.2, 0) is 14.3 Å². The normalized spacial score (nSPS) is 12.7. The lowest BCUT2D eigenvalue weighted by atomic mass is 10.1. The summed E-state index contributed by atoms with van der Waals surface area (Å²) in [4.78, 5) is 27.2. The molecule has 7 heteroatoms. The fraction of sp³-hybridized carbons (Fsp3) is 0.462. The van der Waals surface area contributed by atoms with E-state index in [0.717, 1.165) is 0 Å². The number of ether oxygens (including phenoxy) is 1. The molecular formula is C13H16Cl2N2O3. The van der Waals surface area contributed by atoms with Gasteiger partial charge in [-0.1, -0.05) is 23.2 Å². The minimum Gasteiger partial charge on any atom is -0.447 e. The van der Waals surface area contributed by atoms with Crippen molar-refractivity contribution in [1.29, 1.82) is 0 Å². The molecule has 0 aromatic carbocycles. The topological polar surface area (TPSA) is 68.3 Å². The first-order chi connectivity index (χ1) is 9.08. The highest BCUT2D eigenvalue weighted by Crippen LogP contribution is 2.24. The minimum absolute atomic E-state index is 0.119. The van der Waals surface area contributed by atoms with Crippen LogP contribution in [0.15, 0.2) is 12.1 Å². The van der Waals surface area contributed by atoms with E-state index in [1.54, 1.807) is 0 Å². The van der Waals surface area contributed by atoms with Gasteiger partial charge in [0.1, 0.15) is 10.3 Å². The van der Waals surface area contributed by atoms with Crippen LogP contribution in [-0.4, -0.2) is 22.4 Å². The molecule has 110 valence electrons. The number of pyridine rings is 1. The first-order valence-corrected chi connectivity index (χ1v) is 6.66. The number of carbonyl (C=O) groups excluding carboxylic acids is 2. The van der Waals surface area contributed by atoms with Gasteiger partial charge in [-0.15, -0.1) is 0 Å². The van der Waals surface area contributed by atoms with Crippen molar-refractivity contribution in [2.45, 2.75) is 39.3 Å². The molecule has 0 spiro atoms. The summed E-state index contributed by atoms with van der Waals surface area (Å²) in [5, 5.41) is 2.98. The summed E-state index contributed by atoms with van der Waals surface area (Å²) in [7, 11) is 0. The number of amides is 1. The van der Waals surface area contributed by atoms with Gasteiger partial charge in [-0.2, -0.15) is 0 Å². The van der Waals surface area contributed by atoms with Crippen molar-refractivity contribution in [3.05, 3.63) is 28.0 Å². The van der Waals surface area contributed by atoms with Gasteiger partial charge in [0.05, 0.1) is 0 Å². The first-order valence-electron chi connectivity index (χ1n) is 5.91. The van der Waals surface area contributed by atoms with E-state index in [9.17, 15) is 9.59 Å². The summed E-state index contributed by atoms with van der Waals surface area (Å²) in [6.07, 6.45) is -1.12. The van der Waals surface area contributed by atoms with E-state index < -0.39 is 23.5 Å². The van der Waals surface area contributed by atoms with E-state index in [2.05, 4.69) is 10.3 Å². The van der Waals surface area contributed by atoms with Crippen molar-refractivity contribution >= 4 is 35.1 Å². The molecule has 1 rings (SSSR count). The molecule has 0 fully saturated rings. The molecule has 0 bridgehead atoms. The lowest BCUT2D eigenvalue weighted by Crippen LogP contribution is -2.44. The predicted octanol–water partition coefficient (Wildman–Crippen LogP) is 2.91. The maximum Gasteiger partial charge on any atom is 0.303 e. The van der Waals surface area contributed by atoms with Crippen molar-refractivity contribution in [2.75, 3.05) is 0 Å². The molecule has 1 heterocycles. The third-order valence-corrected chi connectivity index (χ3v) is 2.50. The molecule has 0 aliphatic rings. The van der Waals surface area contributed by atoms with E-state index in [1.807, 2.05) is 20.8 Å². The van der Waals surface area contributed by atoms with Gasteiger partial charge < -0.3 is 10.1 Å². The van der Waals surface area contributed by atoms with Crippen molar-refractivity contribution in [2.24, 2.45) is 0 Å². The number of nitrogens with one attached hydrogen (secondary N) is 1. The Bertz CT molecular complexity index is 507. The number of aromatic nitrogens is 1. The third-order valence-electron chi connectivity index (χ3n) is 2.11. The Morgan fingerprint density at radius 3 is 2.15 bits per heavy atom. The quantitative estimate of drug-likeness (QED) is 0.687. The standard InChI is InChI=1S/C13H16Cl2N2O3/c1-7(18)20-11(12(19)17-13(2,3)4)8-5-9(14)16-10(15)6-8/h5-6,11H,1-4H3,(H,17,19). The first kappa shape index (κ1) is 16.7. The molecule has 0 saturated carbocycles. The summed E-state index contributed by atoms with van der Waals surface area (Å²) in [6.45, 7) is 6.69. The lowest BCUT2D eigenvalue weighted by molar-refractivity contribution is -0.155. The maximum atomic E-state index is 12.2. The Kier molecular flexibility index (Phi) is 5.36. The molecular weight excluding hydrogens is 303 g/mol. The monoisotopic (exact) mass is 318 g/mol. The zero-order valence-electron chi connectivity index (χ0n) is 11.7. The smallest absolute Gasteiger partial charge is 0.303 e. The number of rotatable bonds is 3. The van der Waals surface area contributed by atoms with Crippen LogP contribution in [0.1, 0.15) is 39.4 Å². The molecule has 0 saturated heterocycles. The Morgan fingerprint density at radius 2 is 1.75 bits per heavy atom. The Morgan fingerprint density at radius 1 is 1.25 bits per heavy atom. The number of nitrogens with zero attached hydrogens (tertiary/aromatic N) is 1. The minimum atomic E-state index is -1.12. The fourth-order valence-electron chi connectivity index (χ4n) is 1.51. The average Bonchev–Trinajstić information content (AvgIpc) is 2.21. The lowest BCUT2D eigenvalue weighted by Gasteiger charge is -2.25. The van der Waals surface area contributed by atoms with Gasteiger partial charge in [-0.25, -0.2) is 4.98 Å². The number of halogens is 2. The van der Waals surface area contributed by atoms with Gasteiger partial charge in [-0.05, 0) is 32.9 Å². The van der Waals surface area contributed by atoms with Crippen molar-refractivity contribution in [1.82, 2.24) is 10.3 Å². The van der Waals surface area contributed by atoms with Crippen LogP contribution < -0.4 is 5.32 Å². The number of carbonyl (C=O) groups is 2. The third kappa shape index (κ3) is 5.35. The van der Waals surface area contributed by atoms with E-state index >= 15 is 0 Å². The van der Waals surface area contributed by atoms with Gasteiger partial charge in [0, 0.05) is 18.0 Å². The maximum absolute atomic E-state index is 12.2. The van der Waals surface area contributed by atoms with Gasteiger partial charge >= 0.3 is 5.97 Å². The number of esters is 1. The molecule has 1 aromatic heterocycles. The van der Waals surface area contributed by atoms with Crippen molar-refractivity contribution < 1.29 is 14.3 Å². The summed E-state index contributed by atoms with van der Waals surface area (Å²) in [6, 6.07) is 2.87. The van der Waals surface area contributed by atoms with Crippen LogP contribution in [0.3, 0.4) is 0 Å². The van der Waals surface area contributed by atoms with Crippen LogP contribution >= 0.6 is 23.2 Å². The van der Waals surface area contributed by atoms with Gasteiger partial charge in [0.2, 0.25) is 6.10 Å². The number of hydrogen-bond acceptors (Lipinski definition) is 4. The zero-order chi connectivity index (χ0) is 15.5. The second-order valence-electron chi connectivity index (χ2n) is 5.27. The predicted molar refractivity (Wildman–Crippen MR) is 76.7 cm³/mol. The second-order valence-corrected chi connectivity index (χ2v) is 6.05. The second kappa shape index (κ2) is 6.41. The van der Waals surface area contributed by atoms with Crippen LogP contribution in [0.2, 0.25) is 10.3 Å². The Hall–Kier alpha value is -1.33.